The van der Waals surface area contributed by atoms with E-state index in [1.54, 1.807) is 43.5 Å². The zero-order valence-corrected chi connectivity index (χ0v) is 14.7. The van der Waals surface area contributed by atoms with E-state index in [2.05, 4.69) is 10.5 Å². The van der Waals surface area contributed by atoms with Crippen LogP contribution in [0.1, 0.15) is 12.5 Å². The zero-order chi connectivity index (χ0) is 18.1. The molecule has 0 spiro atoms. The SMILES string of the molecule is CCOc1ccc(C=NNC(=O)COc2cccc(Cl)c2)cc1OC. The Balaban J connectivity index is 1.86. The van der Waals surface area contributed by atoms with E-state index in [0.29, 0.717) is 28.9 Å². The maximum atomic E-state index is 11.7. The molecule has 0 saturated carbocycles. The molecular weight excluding hydrogens is 344 g/mol. The minimum absolute atomic E-state index is 0.162. The van der Waals surface area contributed by atoms with E-state index in [1.807, 2.05) is 13.0 Å². The molecule has 0 aliphatic rings. The van der Waals surface area contributed by atoms with Crippen molar-refractivity contribution in [2.75, 3.05) is 20.3 Å². The summed E-state index contributed by atoms with van der Waals surface area (Å²) in [5.74, 6) is 1.39. The molecule has 132 valence electrons. The lowest BCUT2D eigenvalue weighted by atomic mass is 10.2. The maximum Gasteiger partial charge on any atom is 0.277 e. The lowest BCUT2D eigenvalue weighted by Gasteiger charge is -2.09. The lowest BCUT2D eigenvalue weighted by molar-refractivity contribution is -0.123. The minimum atomic E-state index is -0.380. The van der Waals surface area contributed by atoms with Gasteiger partial charge in [-0.1, -0.05) is 17.7 Å². The summed E-state index contributed by atoms with van der Waals surface area (Å²) in [4.78, 5) is 11.7. The van der Waals surface area contributed by atoms with Crippen molar-refractivity contribution in [3.63, 3.8) is 0 Å². The number of halogens is 1. The van der Waals surface area contributed by atoms with Crippen molar-refractivity contribution in [3.8, 4) is 17.2 Å². The van der Waals surface area contributed by atoms with Crippen LogP contribution >= 0.6 is 11.6 Å². The molecule has 0 aliphatic heterocycles. The third-order valence-corrected chi connectivity index (χ3v) is 3.29. The molecule has 2 rings (SSSR count). The second-order valence-electron chi connectivity index (χ2n) is 4.88. The van der Waals surface area contributed by atoms with Gasteiger partial charge in [-0.15, -0.1) is 0 Å². The number of ether oxygens (including phenoxy) is 3. The summed E-state index contributed by atoms with van der Waals surface area (Å²) >= 11 is 5.84. The average molecular weight is 363 g/mol. The van der Waals surface area contributed by atoms with E-state index >= 15 is 0 Å². The fourth-order valence-corrected chi connectivity index (χ4v) is 2.14. The predicted octanol–water partition coefficient (Wildman–Crippen LogP) is 3.28. The van der Waals surface area contributed by atoms with Crippen LogP contribution in [0.15, 0.2) is 47.6 Å². The normalized spacial score (nSPS) is 10.5. The molecule has 0 radical (unpaired) electrons. The Morgan fingerprint density at radius 1 is 1.20 bits per heavy atom. The number of hydrazone groups is 1. The smallest absolute Gasteiger partial charge is 0.277 e. The van der Waals surface area contributed by atoms with Gasteiger partial charge in [0, 0.05) is 5.02 Å². The predicted molar refractivity (Wildman–Crippen MR) is 96.8 cm³/mol. The Bertz CT molecular complexity index is 750. The van der Waals surface area contributed by atoms with Gasteiger partial charge in [0.1, 0.15) is 5.75 Å². The molecular formula is C18H19ClN2O4. The summed E-state index contributed by atoms with van der Waals surface area (Å²) in [5, 5.41) is 4.44. The standard InChI is InChI=1S/C18H19ClN2O4/c1-3-24-16-8-7-13(9-17(16)23-2)11-20-21-18(22)12-25-15-6-4-5-14(19)10-15/h4-11H,3,12H2,1-2H3,(H,21,22). The number of hydrogen-bond acceptors (Lipinski definition) is 5. The fourth-order valence-electron chi connectivity index (χ4n) is 1.96. The Hall–Kier alpha value is -2.73. The van der Waals surface area contributed by atoms with E-state index < -0.39 is 0 Å². The van der Waals surface area contributed by atoms with Gasteiger partial charge in [0.05, 0.1) is 19.9 Å². The van der Waals surface area contributed by atoms with Gasteiger partial charge in [0.25, 0.3) is 5.91 Å². The average Bonchev–Trinajstić information content (AvgIpc) is 2.61. The second-order valence-corrected chi connectivity index (χ2v) is 5.32. The first-order chi connectivity index (χ1) is 12.1. The van der Waals surface area contributed by atoms with Crippen LogP contribution in [-0.2, 0) is 4.79 Å². The van der Waals surface area contributed by atoms with Gasteiger partial charge in [0.15, 0.2) is 18.1 Å². The van der Waals surface area contributed by atoms with Crippen molar-refractivity contribution in [2.45, 2.75) is 6.92 Å². The lowest BCUT2D eigenvalue weighted by Crippen LogP contribution is -2.24. The first kappa shape index (κ1) is 18.6. The van der Waals surface area contributed by atoms with Crippen LogP contribution in [0, 0.1) is 0 Å². The molecule has 0 bridgehead atoms. The van der Waals surface area contributed by atoms with Gasteiger partial charge in [-0.2, -0.15) is 5.10 Å². The van der Waals surface area contributed by atoms with E-state index in [-0.39, 0.29) is 12.5 Å². The molecule has 1 amide bonds. The first-order valence-corrected chi connectivity index (χ1v) is 8.01. The third kappa shape index (κ3) is 6.00. The van der Waals surface area contributed by atoms with Crippen LogP contribution < -0.4 is 19.6 Å². The molecule has 6 nitrogen and oxygen atoms in total. The Labute approximate surface area is 151 Å². The minimum Gasteiger partial charge on any atom is -0.493 e. The molecule has 0 heterocycles. The van der Waals surface area contributed by atoms with E-state index in [4.69, 9.17) is 25.8 Å². The Morgan fingerprint density at radius 2 is 2.04 bits per heavy atom. The van der Waals surface area contributed by atoms with Crippen molar-refractivity contribution in [2.24, 2.45) is 5.10 Å². The van der Waals surface area contributed by atoms with Gasteiger partial charge in [0.2, 0.25) is 0 Å². The topological polar surface area (TPSA) is 69.2 Å². The number of amides is 1. The summed E-state index contributed by atoms with van der Waals surface area (Å²) in [7, 11) is 1.56. The zero-order valence-electron chi connectivity index (χ0n) is 14.0. The number of benzene rings is 2. The molecule has 0 atom stereocenters. The summed E-state index contributed by atoms with van der Waals surface area (Å²) in [6.07, 6.45) is 1.51. The number of methoxy groups -OCH3 is 1. The first-order valence-electron chi connectivity index (χ1n) is 7.63. The van der Waals surface area contributed by atoms with Crippen molar-refractivity contribution in [3.05, 3.63) is 53.1 Å². The van der Waals surface area contributed by atoms with Gasteiger partial charge >= 0.3 is 0 Å². The number of nitrogens with one attached hydrogen (secondary N) is 1. The summed E-state index contributed by atoms with van der Waals surface area (Å²) in [6, 6.07) is 12.2. The molecule has 7 heteroatoms. The number of carbonyl (C=O) groups excluding carboxylic acids is 1. The van der Waals surface area contributed by atoms with Crippen molar-refractivity contribution in [1.82, 2.24) is 5.43 Å². The van der Waals surface area contributed by atoms with Crippen LogP contribution in [-0.4, -0.2) is 32.4 Å². The molecule has 2 aromatic rings. The van der Waals surface area contributed by atoms with Crippen molar-refractivity contribution < 1.29 is 19.0 Å². The highest BCUT2D eigenvalue weighted by atomic mass is 35.5. The maximum absolute atomic E-state index is 11.7. The van der Waals surface area contributed by atoms with Crippen LogP contribution in [0.25, 0.3) is 0 Å². The van der Waals surface area contributed by atoms with Gasteiger partial charge in [-0.25, -0.2) is 5.43 Å². The van der Waals surface area contributed by atoms with E-state index in [9.17, 15) is 4.79 Å². The monoisotopic (exact) mass is 362 g/mol. The van der Waals surface area contributed by atoms with Gasteiger partial charge < -0.3 is 14.2 Å². The Kier molecular flexibility index (Phi) is 7.10. The van der Waals surface area contributed by atoms with Crippen molar-refractivity contribution >= 4 is 23.7 Å². The molecule has 25 heavy (non-hydrogen) atoms. The van der Waals surface area contributed by atoms with Gasteiger partial charge in [-0.05, 0) is 48.9 Å². The fraction of sp³-hybridized carbons (Fsp3) is 0.222. The highest BCUT2D eigenvalue weighted by molar-refractivity contribution is 6.30. The quantitative estimate of drug-likeness (QED) is 0.578. The van der Waals surface area contributed by atoms with E-state index in [1.165, 1.54) is 6.21 Å². The van der Waals surface area contributed by atoms with Crippen LogP contribution in [0.5, 0.6) is 17.2 Å². The largest absolute Gasteiger partial charge is 0.493 e. The highest BCUT2D eigenvalue weighted by Gasteiger charge is 2.05. The van der Waals surface area contributed by atoms with E-state index in [0.717, 1.165) is 5.56 Å². The molecule has 0 fully saturated rings. The van der Waals surface area contributed by atoms with Crippen molar-refractivity contribution in [1.29, 1.82) is 0 Å². The number of hydrogen-bond donors (Lipinski definition) is 1. The molecule has 0 aliphatic carbocycles. The molecule has 1 N–H and O–H groups in total. The summed E-state index contributed by atoms with van der Waals surface area (Å²) < 4.78 is 16.0. The van der Waals surface area contributed by atoms with Crippen LogP contribution in [0.2, 0.25) is 5.02 Å². The van der Waals surface area contributed by atoms with Crippen LogP contribution in [0.3, 0.4) is 0 Å². The summed E-state index contributed by atoms with van der Waals surface area (Å²) in [6.45, 7) is 2.28. The number of rotatable bonds is 8. The Morgan fingerprint density at radius 3 is 2.76 bits per heavy atom. The van der Waals surface area contributed by atoms with Gasteiger partial charge in [-0.3, -0.25) is 4.79 Å². The highest BCUT2D eigenvalue weighted by Crippen LogP contribution is 2.27. The third-order valence-electron chi connectivity index (χ3n) is 3.06. The summed E-state index contributed by atoms with van der Waals surface area (Å²) in [5.41, 5.74) is 3.15. The molecule has 0 aromatic heterocycles. The molecule has 0 unspecified atom stereocenters. The molecule has 2 aromatic carbocycles. The number of carbonyl (C=O) groups is 1. The second kappa shape index (κ2) is 9.54. The molecule has 0 saturated heterocycles. The van der Waals surface area contributed by atoms with Crippen LogP contribution in [0.4, 0.5) is 0 Å². The number of nitrogens with zero attached hydrogens (tertiary/aromatic N) is 1.